The second-order valence-electron chi connectivity index (χ2n) is 11.7. The summed E-state index contributed by atoms with van der Waals surface area (Å²) < 4.78 is 6.28. The molecule has 6 rings (SSSR count). The van der Waals surface area contributed by atoms with Crippen molar-refractivity contribution in [2.75, 3.05) is 11.5 Å². The van der Waals surface area contributed by atoms with Crippen LogP contribution in [0.5, 0.6) is 0 Å². The fourth-order valence-electron chi connectivity index (χ4n) is 6.37. The summed E-state index contributed by atoms with van der Waals surface area (Å²) in [5.41, 5.74) is 3.71. The van der Waals surface area contributed by atoms with Gasteiger partial charge < -0.3 is 4.74 Å². The monoisotopic (exact) mass is 706 g/mol. The number of amides is 2. The molecule has 3 unspecified atom stereocenters. The number of ketones is 1. The minimum atomic E-state index is -0.691. The molecule has 230 valence electrons. The number of aryl methyl sites for hydroxylation is 1. The van der Waals surface area contributed by atoms with Crippen molar-refractivity contribution in [2.45, 2.75) is 39.5 Å². The van der Waals surface area contributed by atoms with Gasteiger partial charge in [-0.05, 0) is 85.7 Å². The normalized spacial score (nSPS) is 19.6. The average Bonchev–Trinajstić information content (AvgIpc) is 3.27. The second kappa shape index (κ2) is 12.7. The molecular formula is C35H29BrCl2N2O5. The highest BCUT2D eigenvalue weighted by Crippen LogP contribution is 2.42. The Hall–Kier alpha value is -3.59. The van der Waals surface area contributed by atoms with E-state index in [1.165, 1.54) is 17.0 Å². The Balaban J connectivity index is 1.32. The number of benzene rings is 3. The van der Waals surface area contributed by atoms with Crippen LogP contribution in [0.15, 0.2) is 65.1 Å². The number of aromatic nitrogens is 1. The lowest BCUT2D eigenvalue weighted by molar-refractivity contribution is -0.122. The van der Waals surface area contributed by atoms with E-state index >= 15 is 0 Å². The number of carbonyl (C=O) groups is 4. The van der Waals surface area contributed by atoms with Crippen molar-refractivity contribution in [2.24, 2.45) is 17.8 Å². The number of carbonyl (C=O) groups excluding carboxylic acids is 4. The molecule has 2 aliphatic rings. The number of Topliss-reactive ketones (excluding diaryl/α,β-unsaturated/α-hetero) is 1. The fourth-order valence-corrected chi connectivity index (χ4v) is 7.39. The van der Waals surface area contributed by atoms with Gasteiger partial charge in [-0.25, -0.2) is 9.78 Å². The first-order valence-electron chi connectivity index (χ1n) is 14.8. The summed E-state index contributed by atoms with van der Waals surface area (Å²) in [5.74, 6) is -1.51. The molecule has 3 aromatic carbocycles. The van der Waals surface area contributed by atoms with Crippen molar-refractivity contribution >= 4 is 79.3 Å². The lowest BCUT2D eigenvalue weighted by Crippen LogP contribution is -2.30. The summed E-state index contributed by atoms with van der Waals surface area (Å²) >= 11 is 15.7. The van der Waals surface area contributed by atoms with E-state index in [0.29, 0.717) is 45.2 Å². The van der Waals surface area contributed by atoms with Gasteiger partial charge in [0.25, 0.3) is 0 Å². The first-order chi connectivity index (χ1) is 21.5. The molecule has 4 aromatic rings. The smallest absolute Gasteiger partial charge is 0.339 e. The highest BCUT2D eigenvalue weighted by atomic mass is 79.9. The molecule has 45 heavy (non-hydrogen) atoms. The van der Waals surface area contributed by atoms with E-state index in [9.17, 15) is 19.2 Å². The lowest BCUT2D eigenvalue weighted by Gasteiger charge is -2.25. The van der Waals surface area contributed by atoms with Crippen molar-refractivity contribution in [3.05, 3.63) is 91.9 Å². The van der Waals surface area contributed by atoms with E-state index in [1.54, 1.807) is 42.5 Å². The third kappa shape index (κ3) is 6.03. The van der Waals surface area contributed by atoms with Crippen LogP contribution in [0.25, 0.3) is 22.2 Å². The maximum absolute atomic E-state index is 13.5. The van der Waals surface area contributed by atoms with Crippen molar-refractivity contribution < 1.29 is 23.9 Å². The van der Waals surface area contributed by atoms with Crippen LogP contribution in [-0.4, -0.2) is 35.2 Å². The number of fused-ring (bicyclic) bond motifs is 2. The van der Waals surface area contributed by atoms with Gasteiger partial charge in [0.05, 0.1) is 39.3 Å². The third-order valence-corrected chi connectivity index (χ3v) is 9.74. The maximum Gasteiger partial charge on any atom is 0.339 e. The van der Waals surface area contributed by atoms with Crippen molar-refractivity contribution in [3.8, 4) is 11.3 Å². The number of ether oxygens (including phenoxy) is 1. The van der Waals surface area contributed by atoms with E-state index in [-0.39, 0.29) is 39.8 Å². The van der Waals surface area contributed by atoms with Crippen LogP contribution in [0, 0.1) is 17.8 Å². The summed E-state index contributed by atoms with van der Waals surface area (Å²) in [7, 11) is 0. The van der Waals surface area contributed by atoms with E-state index in [4.69, 9.17) is 32.9 Å². The predicted molar refractivity (Wildman–Crippen MR) is 178 cm³/mol. The zero-order chi connectivity index (χ0) is 32.0. The topological polar surface area (TPSA) is 93.6 Å². The second-order valence-corrected chi connectivity index (χ2v) is 13.4. The largest absolute Gasteiger partial charge is 0.454 e. The number of anilines is 1. The Labute approximate surface area is 279 Å². The molecule has 2 amide bonds. The molecule has 1 aromatic heterocycles. The van der Waals surface area contributed by atoms with Crippen molar-refractivity contribution in [1.29, 1.82) is 0 Å². The molecule has 1 saturated heterocycles. The highest BCUT2D eigenvalue weighted by Gasteiger charge is 2.49. The number of hydrogen-bond acceptors (Lipinski definition) is 6. The fraction of sp³-hybridized carbons (Fsp3) is 0.286. The molecule has 1 aliphatic heterocycles. The SMILES string of the molecule is CCc1cc(Br)cc2c(C(=O)OCC(=O)c3ccc(Cl)cc3Cl)cc(-c3ccc(N4C(=O)C5CCC(C)CC5C4=O)cc3)nc12. The summed E-state index contributed by atoms with van der Waals surface area (Å²) in [5, 5.41) is 1.14. The van der Waals surface area contributed by atoms with Gasteiger partial charge in [0, 0.05) is 26.0 Å². The Bertz CT molecular complexity index is 1880. The summed E-state index contributed by atoms with van der Waals surface area (Å²) in [6.07, 6.45) is 3.08. The predicted octanol–water partition coefficient (Wildman–Crippen LogP) is 8.50. The Morgan fingerprint density at radius 1 is 0.956 bits per heavy atom. The molecule has 7 nitrogen and oxygen atoms in total. The first-order valence-corrected chi connectivity index (χ1v) is 16.4. The van der Waals surface area contributed by atoms with E-state index in [1.807, 2.05) is 13.0 Å². The summed E-state index contributed by atoms with van der Waals surface area (Å²) in [6.45, 7) is 3.61. The number of hydrogen-bond donors (Lipinski definition) is 0. The van der Waals surface area contributed by atoms with Crippen LogP contribution >= 0.6 is 39.1 Å². The number of rotatable bonds is 7. The first kappa shape index (κ1) is 31.4. The molecule has 0 radical (unpaired) electrons. The molecule has 0 N–H and O–H groups in total. The van der Waals surface area contributed by atoms with Gasteiger partial charge in [-0.15, -0.1) is 0 Å². The molecule has 2 fully saturated rings. The van der Waals surface area contributed by atoms with E-state index in [0.717, 1.165) is 29.3 Å². The van der Waals surface area contributed by atoms with Gasteiger partial charge in [-0.1, -0.05) is 65.1 Å². The van der Waals surface area contributed by atoms with Crippen molar-refractivity contribution in [3.63, 3.8) is 0 Å². The molecule has 3 atom stereocenters. The standard InChI is InChI=1S/C35H29BrCl2N2O5/c1-3-19-13-21(36)14-26-28(35(44)45-17-31(41)25-11-7-22(37)15-29(25)38)16-30(39-32(19)26)20-5-8-23(9-6-20)40-33(42)24-10-4-18(2)12-27(24)34(40)43/h5-9,11,13-16,18,24,27H,3-4,10,12,17H2,1-2H3. The van der Waals surface area contributed by atoms with Crippen LogP contribution in [0.1, 0.15) is 59.4 Å². The Morgan fingerprint density at radius 2 is 1.69 bits per heavy atom. The van der Waals surface area contributed by atoms with Gasteiger partial charge >= 0.3 is 5.97 Å². The molecule has 2 heterocycles. The van der Waals surface area contributed by atoms with E-state index < -0.39 is 18.4 Å². The van der Waals surface area contributed by atoms with Gasteiger partial charge in [-0.3, -0.25) is 19.3 Å². The van der Waals surface area contributed by atoms with Crippen molar-refractivity contribution in [1.82, 2.24) is 4.98 Å². The quantitative estimate of drug-likeness (QED) is 0.109. The lowest BCUT2D eigenvalue weighted by atomic mass is 9.76. The number of nitrogens with zero attached hydrogens (tertiary/aromatic N) is 2. The minimum Gasteiger partial charge on any atom is -0.454 e. The summed E-state index contributed by atoms with van der Waals surface area (Å²) in [4.78, 5) is 59.0. The minimum absolute atomic E-state index is 0.133. The Morgan fingerprint density at radius 3 is 2.40 bits per heavy atom. The maximum atomic E-state index is 13.5. The third-order valence-electron chi connectivity index (χ3n) is 8.73. The van der Waals surface area contributed by atoms with E-state index in [2.05, 4.69) is 22.9 Å². The average molecular weight is 708 g/mol. The van der Waals surface area contributed by atoms with Crippen LogP contribution < -0.4 is 4.90 Å². The van der Waals surface area contributed by atoms with Gasteiger partial charge in [0.1, 0.15) is 0 Å². The molecule has 0 spiro atoms. The Kier molecular flexibility index (Phi) is 8.83. The molecule has 1 aliphatic carbocycles. The number of halogens is 3. The van der Waals surface area contributed by atoms with Crippen LogP contribution in [0.2, 0.25) is 10.0 Å². The van der Waals surface area contributed by atoms with Gasteiger partial charge in [0.15, 0.2) is 6.61 Å². The van der Waals surface area contributed by atoms with Crippen LogP contribution in [-0.2, 0) is 20.7 Å². The highest BCUT2D eigenvalue weighted by molar-refractivity contribution is 9.10. The van der Waals surface area contributed by atoms with Gasteiger partial charge in [0.2, 0.25) is 17.6 Å². The summed E-state index contributed by atoms with van der Waals surface area (Å²) in [6, 6.07) is 16.9. The molecule has 0 bridgehead atoms. The molecular weight excluding hydrogens is 679 g/mol. The van der Waals surface area contributed by atoms with Crippen LogP contribution in [0.3, 0.4) is 0 Å². The molecule has 10 heteroatoms. The zero-order valence-electron chi connectivity index (χ0n) is 24.6. The number of esters is 1. The molecule has 1 saturated carbocycles. The number of pyridine rings is 1. The van der Waals surface area contributed by atoms with Gasteiger partial charge in [-0.2, -0.15) is 0 Å². The zero-order valence-corrected chi connectivity index (χ0v) is 27.7. The van der Waals surface area contributed by atoms with Crippen LogP contribution in [0.4, 0.5) is 5.69 Å². The number of imide groups is 1.